The van der Waals surface area contributed by atoms with E-state index in [9.17, 15) is 14.3 Å². The summed E-state index contributed by atoms with van der Waals surface area (Å²) in [7, 11) is 1.82. The third-order valence-electron chi connectivity index (χ3n) is 4.90. The van der Waals surface area contributed by atoms with Gasteiger partial charge in [0.05, 0.1) is 5.69 Å². The maximum absolute atomic E-state index is 13.2. The second-order valence-electron chi connectivity index (χ2n) is 6.39. The molecule has 0 unspecified atom stereocenters. The Kier molecular flexibility index (Phi) is 6.77. The smallest absolute Gasteiger partial charge is 0.329 e. The number of hydrogen-bond acceptors (Lipinski definition) is 4. The first-order valence-corrected chi connectivity index (χ1v) is 8.52. The number of aromatic nitrogens is 2. The van der Waals surface area contributed by atoms with Gasteiger partial charge in [-0.25, -0.2) is 14.2 Å². The van der Waals surface area contributed by atoms with Crippen LogP contribution >= 0.6 is 17.0 Å². The largest absolute Gasteiger partial charge is 0.505 e. The maximum atomic E-state index is 13.2. The molecule has 142 valence electrons. The van der Waals surface area contributed by atoms with Crippen LogP contribution < -0.4 is 0 Å². The van der Waals surface area contributed by atoms with Crippen molar-refractivity contribution in [2.24, 2.45) is 0 Å². The van der Waals surface area contributed by atoms with Crippen LogP contribution in [0.3, 0.4) is 0 Å². The Morgan fingerprint density at radius 3 is 2.69 bits per heavy atom. The Balaban J connectivity index is 0.00000243. The van der Waals surface area contributed by atoms with Gasteiger partial charge in [0.25, 0.3) is 0 Å². The van der Waals surface area contributed by atoms with Crippen LogP contribution in [0.15, 0.2) is 30.7 Å². The third-order valence-corrected chi connectivity index (χ3v) is 4.90. The zero-order valence-corrected chi connectivity index (χ0v) is 16.6. The van der Waals surface area contributed by atoms with Gasteiger partial charge in [-0.2, -0.15) is 0 Å². The van der Waals surface area contributed by atoms with Crippen LogP contribution in [-0.2, 0) is 0 Å². The molecule has 1 fully saturated rings. The van der Waals surface area contributed by atoms with Gasteiger partial charge in [-0.05, 0) is 37.6 Å². The highest BCUT2D eigenvalue weighted by Gasteiger charge is 2.25. The highest BCUT2D eigenvalue weighted by atomic mass is 79.9. The number of phenolic OH excluding ortho intramolecular Hbond substituents is 1. The molecular weight excluding hydrogens is 403 g/mol. The minimum Gasteiger partial charge on any atom is -0.505 e. The van der Waals surface area contributed by atoms with Crippen LogP contribution in [0.4, 0.5) is 9.18 Å². The standard InChI is InChI=1S/C18H23FN4O2.BrH/c1-3-22-8-6-14(7-9-22)21(2)18(25)23-11-16(20-12-23)13-4-5-15(19)17(24)10-13;/h4-5,10-12,14,24H,3,6-9H2,1-2H3;1H. The van der Waals surface area contributed by atoms with Crippen molar-refractivity contribution in [2.75, 3.05) is 26.7 Å². The van der Waals surface area contributed by atoms with Gasteiger partial charge in [0.1, 0.15) is 6.33 Å². The van der Waals surface area contributed by atoms with Crippen molar-refractivity contribution in [3.05, 3.63) is 36.5 Å². The van der Waals surface area contributed by atoms with E-state index in [1.807, 2.05) is 7.05 Å². The highest BCUT2D eigenvalue weighted by Crippen LogP contribution is 2.24. The van der Waals surface area contributed by atoms with E-state index < -0.39 is 11.6 Å². The molecule has 8 heteroatoms. The molecule has 0 saturated carbocycles. The highest BCUT2D eigenvalue weighted by molar-refractivity contribution is 8.93. The normalized spacial score (nSPS) is 15.5. The number of rotatable bonds is 3. The molecule has 1 saturated heterocycles. The predicted molar refractivity (Wildman–Crippen MR) is 103 cm³/mol. The first-order valence-electron chi connectivity index (χ1n) is 8.52. The summed E-state index contributed by atoms with van der Waals surface area (Å²) in [6.45, 7) is 5.20. The van der Waals surface area contributed by atoms with Crippen molar-refractivity contribution in [2.45, 2.75) is 25.8 Å². The minimum atomic E-state index is -0.683. The Hall–Kier alpha value is -1.93. The lowest BCUT2D eigenvalue weighted by atomic mass is 10.0. The fraction of sp³-hybridized carbons (Fsp3) is 0.444. The maximum Gasteiger partial charge on any atom is 0.329 e. The number of nitrogens with zero attached hydrogens (tertiary/aromatic N) is 4. The second kappa shape index (κ2) is 8.64. The predicted octanol–water partition coefficient (Wildman–Crippen LogP) is 3.36. The number of imidazole rings is 1. The van der Waals surface area contributed by atoms with Crippen molar-refractivity contribution in [1.29, 1.82) is 0 Å². The molecule has 3 rings (SSSR count). The summed E-state index contributed by atoms with van der Waals surface area (Å²) in [5.74, 6) is -1.12. The number of piperidine rings is 1. The lowest BCUT2D eigenvalue weighted by molar-refractivity contribution is 0.139. The topological polar surface area (TPSA) is 61.6 Å². The van der Waals surface area contributed by atoms with E-state index in [1.54, 1.807) is 11.1 Å². The Bertz CT molecular complexity index is 759. The number of benzene rings is 1. The van der Waals surface area contributed by atoms with Gasteiger partial charge in [0.2, 0.25) is 0 Å². The Morgan fingerprint density at radius 1 is 1.38 bits per heavy atom. The quantitative estimate of drug-likeness (QED) is 0.816. The van der Waals surface area contributed by atoms with E-state index >= 15 is 0 Å². The van der Waals surface area contributed by atoms with Gasteiger partial charge >= 0.3 is 6.03 Å². The van der Waals surface area contributed by atoms with Gasteiger partial charge in [-0.15, -0.1) is 17.0 Å². The van der Waals surface area contributed by atoms with Crippen LogP contribution in [0.1, 0.15) is 19.8 Å². The van der Waals surface area contributed by atoms with Crippen LogP contribution in [0.25, 0.3) is 11.3 Å². The molecule has 0 bridgehead atoms. The van der Waals surface area contributed by atoms with E-state index in [4.69, 9.17) is 0 Å². The zero-order chi connectivity index (χ0) is 18.0. The first-order chi connectivity index (χ1) is 12.0. The van der Waals surface area contributed by atoms with Crippen LogP contribution in [0.2, 0.25) is 0 Å². The molecule has 1 aliphatic rings. The number of carbonyl (C=O) groups excluding carboxylic acids is 1. The lowest BCUT2D eigenvalue weighted by Crippen LogP contribution is -2.46. The molecule has 26 heavy (non-hydrogen) atoms. The van der Waals surface area contributed by atoms with Crippen molar-refractivity contribution in [1.82, 2.24) is 19.4 Å². The van der Waals surface area contributed by atoms with Crippen molar-refractivity contribution in [3.63, 3.8) is 0 Å². The lowest BCUT2D eigenvalue weighted by Gasteiger charge is -2.36. The minimum absolute atomic E-state index is 0. The van der Waals surface area contributed by atoms with E-state index in [0.29, 0.717) is 11.3 Å². The number of phenols is 1. The molecular formula is C18H24BrFN4O2. The molecule has 2 heterocycles. The van der Waals surface area contributed by atoms with Gasteiger partial charge < -0.3 is 14.9 Å². The number of amides is 1. The summed E-state index contributed by atoms with van der Waals surface area (Å²) < 4.78 is 14.6. The van der Waals surface area contributed by atoms with Crippen LogP contribution in [-0.4, -0.2) is 63.2 Å². The first kappa shape index (κ1) is 20.4. The SMILES string of the molecule is Br.CCN1CCC(N(C)C(=O)n2cnc(-c3ccc(F)c(O)c3)c2)CC1. The number of likely N-dealkylation sites (tertiary alicyclic amines) is 1. The van der Waals surface area contributed by atoms with Crippen molar-refractivity contribution in [3.8, 4) is 17.0 Å². The number of carbonyl (C=O) groups is 1. The van der Waals surface area contributed by atoms with Crippen molar-refractivity contribution < 1.29 is 14.3 Å². The molecule has 2 aromatic rings. The van der Waals surface area contributed by atoms with E-state index in [0.717, 1.165) is 32.5 Å². The molecule has 0 radical (unpaired) electrons. The summed E-state index contributed by atoms with van der Waals surface area (Å²) in [6, 6.07) is 4.09. The number of halogens is 2. The van der Waals surface area contributed by atoms with E-state index in [-0.39, 0.29) is 29.1 Å². The average Bonchev–Trinajstić information content (AvgIpc) is 3.13. The molecule has 0 atom stereocenters. The molecule has 6 nitrogen and oxygen atoms in total. The Labute approximate surface area is 163 Å². The van der Waals surface area contributed by atoms with Crippen LogP contribution in [0.5, 0.6) is 5.75 Å². The van der Waals surface area contributed by atoms with Gasteiger partial charge in [0.15, 0.2) is 11.6 Å². The summed E-state index contributed by atoms with van der Waals surface area (Å²) in [6.07, 6.45) is 4.98. The van der Waals surface area contributed by atoms with Gasteiger partial charge in [-0.3, -0.25) is 4.57 Å². The van der Waals surface area contributed by atoms with Crippen LogP contribution in [0, 0.1) is 5.82 Å². The summed E-state index contributed by atoms with van der Waals surface area (Å²) in [5, 5.41) is 9.49. The van der Waals surface area contributed by atoms with Gasteiger partial charge in [-0.1, -0.05) is 6.92 Å². The molecule has 0 spiro atoms. The third kappa shape index (κ3) is 4.24. The molecule has 1 aromatic carbocycles. The summed E-state index contributed by atoms with van der Waals surface area (Å²) in [4.78, 5) is 21.0. The van der Waals surface area contributed by atoms with Crippen molar-refractivity contribution >= 4 is 23.0 Å². The zero-order valence-electron chi connectivity index (χ0n) is 14.9. The molecule has 1 amide bonds. The van der Waals surface area contributed by atoms with Gasteiger partial charge in [0, 0.05) is 37.9 Å². The molecule has 0 aliphatic carbocycles. The summed E-state index contributed by atoms with van der Waals surface area (Å²) in [5.41, 5.74) is 1.07. The molecule has 1 aromatic heterocycles. The second-order valence-corrected chi connectivity index (χ2v) is 6.39. The Morgan fingerprint density at radius 2 is 2.08 bits per heavy atom. The number of aromatic hydroxyl groups is 1. The summed E-state index contributed by atoms with van der Waals surface area (Å²) >= 11 is 0. The molecule has 1 aliphatic heterocycles. The number of hydrogen-bond donors (Lipinski definition) is 1. The average molecular weight is 427 g/mol. The van der Waals surface area contributed by atoms with E-state index in [2.05, 4.69) is 16.8 Å². The fourth-order valence-corrected chi connectivity index (χ4v) is 3.21. The molecule has 1 N–H and O–H groups in total. The van der Waals surface area contributed by atoms with E-state index in [1.165, 1.54) is 29.1 Å². The fourth-order valence-electron chi connectivity index (χ4n) is 3.21. The monoisotopic (exact) mass is 426 g/mol.